The zero-order chi connectivity index (χ0) is 15.0. The van der Waals surface area contributed by atoms with E-state index in [-0.39, 0.29) is 17.2 Å². The van der Waals surface area contributed by atoms with Crippen molar-refractivity contribution in [1.82, 2.24) is 14.7 Å². The minimum atomic E-state index is -0.227. The third-order valence-corrected chi connectivity index (χ3v) is 5.51. The average molecular weight is 293 g/mol. The Labute approximate surface area is 127 Å². The van der Waals surface area contributed by atoms with E-state index in [1.165, 1.54) is 6.42 Å². The normalized spacial score (nSPS) is 31.3. The van der Waals surface area contributed by atoms with E-state index < -0.39 is 0 Å². The van der Waals surface area contributed by atoms with Crippen LogP contribution in [0.25, 0.3) is 0 Å². The predicted molar refractivity (Wildman–Crippen MR) is 80.7 cm³/mol. The Balaban J connectivity index is 1.53. The van der Waals surface area contributed by atoms with Crippen molar-refractivity contribution in [3.8, 4) is 0 Å². The fourth-order valence-electron chi connectivity index (χ4n) is 3.79. The smallest absolute Gasteiger partial charge is 0.229 e. The van der Waals surface area contributed by atoms with Crippen LogP contribution in [0.5, 0.6) is 0 Å². The zero-order valence-corrected chi connectivity index (χ0v) is 13.3. The standard InChI is InChI=1S/C16H27N3O2/c1-16(6-7-17(2)12-16)15(21)19-10-8-18(9-11-19)14(20)13-4-3-5-13/h13H,3-12H2,1-2H3/t16-/m1/s1. The predicted octanol–water partition coefficient (Wildman–Crippen LogP) is 0.799. The molecule has 0 aromatic rings. The van der Waals surface area contributed by atoms with Crippen molar-refractivity contribution in [1.29, 1.82) is 0 Å². The summed E-state index contributed by atoms with van der Waals surface area (Å²) in [6.45, 7) is 6.79. The number of nitrogens with zero attached hydrogens (tertiary/aromatic N) is 3. The maximum Gasteiger partial charge on any atom is 0.229 e. The molecule has 3 rings (SSSR count). The van der Waals surface area contributed by atoms with Crippen molar-refractivity contribution in [3.05, 3.63) is 0 Å². The second kappa shape index (κ2) is 5.59. The van der Waals surface area contributed by atoms with Crippen LogP contribution in [0.3, 0.4) is 0 Å². The minimum Gasteiger partial charge on any atom is -0.339 e. The number of likely N-dealkylation sites (tertiary alicyclic amines) is 1. The number of carbonyl (C=O) groups excluding carboxylic acids is 2. The first-order valence-electron chi connectivity index (χ1n) is 8.26. The van der Waals surface area contributed by atoms with Gasteiger partial charge in [0.25, 0.3) is 0 Å². The van der Waals surface area contributed by atoms with Gasteiger partial charge in [0, 0.05) is 38.6 Å². The van der Waals surface area contributed by atoms with Crippen LogP contribution in [-0.2, 0) is 9.59 Å². The lowest BCUT2D eigenvalue weighted by Gasteiger charge is -2.40. The van der Waals surface area contributed by atoms with E-state index in [0.29, 0.717) is 32.1 Å². The van der Waals surface area contributed by atoms with Gasteiger partial charge in [-0.2, -0.15) is 0 Å². The molecule has 5 heteroatoms. The van der Waals surface area contributed by atoms with E-state index in [1.54, 1.807) is 0 Å². The molecule has 21 heavy (non-hydrogen) atoms. The fraction of sp³-hybridized carbons (Fsp3) is 0.875. The van der Waals surface area contributed by atoms with Crippen molar-refractivity contribution < 1.29 is 9.59 Å². The van der Waals surface area contributed by atoms with Crippen LogP contribution >= 0.6 is 0 Å². The molecule has 0 spiro atoms. The highest BCUT2D eigenvalue weighted by Crippen LogP contribution is 2.32. The summed E-state index contributed by atoms with van der Waals surface area (Å²) in [6, 6.07) is 0. The molecule has 3 aliphatic rings. The van der Waals surface area contributed by atoms with Crippen LogP contribution < -0.4 is 0 Å². The largest absolute Gasteiger partial charge is 0.339 e. The van der Waals surface area contributed by atoms with Gasteiger partial charge in [-0.1, -0.05) is 6.42 Å². The summed E-state index contributed by atoms with van der Waals surface area (Å²) in [6.07, 6.45) is 4.26. The second-order valence-electron chi connectivity index (χ2n) is 7.29. The molecule has 2 aliphatic heterocycles. The summed E-state index contributed by atoms with van der Waals surface area (Å²) in [5.41, 5.74) is -0.227. The van der Waals surface area contributed by atoms with Crippen LogP contribution in [0.15, 0.2) is 0 Å². The van der Waals surface area contributed by atoms with E-state index in [1.807, 2.05) is 9.80 Å². The summed E-state index contributed by atoms with van der Waals surface area (Å²) in [5, 5.41) is 0. The number of hydrogen-bond donors (Lipinski definition) is 0. The molecule has 118 valence electrons. The third kappa shape index (κ3) is 2.80. The highest BCUT2D eigenvalue weighted by molar-refractivity contribution is 5.84. The van der Waals surface area contributed by atoms with Crippen LogP contribution in [0.1, 0.15) is 32.6 Å². The monoisotopic (exact) mass is 293 g/mol. The molecule has 2 amide bonds. The molecule has 5 nitrogen and oxygen atoms in total. The summed E-state index contributed by atoms with van der Waals surface area (Å²) in [5.74, 6) is 0.871. The lowest BCUT2D eigenvalue weighted by atomic mass is 9.84. The Morgan fingerprint density at radius 3 is 2.10 bits per heavy atom. The van der Waals surface area contributed by atoms with Gasteiger partial charge in [-0.15, -0.1) is 0 Å². The molecule has 0 radical (unpaired) electrons. The van der Waals surface area contributed by atoms with Crippen molar-refractivity contribution in [2.45, 2.75) is 32.6 Å². The molecule has 0 aromatic heterocycles. The van der Waals surface area contributed by atoms with Crippen LogP contribution in [0.4, 0.5) is 0 Å². The van der Waals surface area contributed by atoms with Gasteiger partial charge in [-0.3, -0.25) is 9.59 Å². The van der Waals surface area contributed by atoms with Gasteiger partial charge in [-0.25, -0.2) is 0 Å². The van der Waals surface area contributed by atoms with E-state index in [0.717, 1.165) is 32.4 Å². The molecule has 2 saturated heterocycles. The van der Waals surface area contributed by atoms with E-state index in [2.05, 4.69) is 18.9 Å². The van der Waals surface area contributed by atoms with E-state index in [9.17, 15) is 9.59 Å². The molecule has 0 unspecified atom stereocenters. The Kier molecular flexibility index (Phi) is 3.95. The highest BCUT2D eigenvalue weighted by Gasteiger charge is 2.42. The Morgan fingerprint density at radius 1 is 1.00 bits per heavy atom. The number of hydrogen-bond acceptors (Lipinski definition) is 3. The molecule has 2 heterocycles. The third-order valence-electron chi connectivity index (χ3n) is 5.51. The van der Waals surface area contributed by atoms with Gasteiger partial charge in [0.15, 0.2) is 0 Å². The van der Waals surface area contributed by atoms with Gasteiger partial charge in [0.1, 0.15) is 0 Å². The molecule has 0 bridgehead atoms. The van der Waals surface area contributed by atoms with Crippen molar-refractivity contribution in [3.63, 3.8) is 0 Å². The quantitative estimate of drug-likeness (QED) is 0.756. The Morgan fingerprint density at radius 2 is 1.62 bits per heavy atom. The molecule has 3 fully saturated rings. The van der Waals surface area contributed by atoms with Crippen LogP contribution in [-0.4, -0.2) is 72.8 Å². The zero-order valence-electron chi connectivity index (χ0n) is 13.3. The molecular weight excluding hydrogens is 266 g/mol. The van der Waals surface area contributed by atoms with Crippen molar-refractivity contribution in [2.24, 2.45) is 11.3 Å². The number of rotatable bonds is 2. The molecule has 1 atom stereocenters. The first-order valence-corrected chi connectivity index (χ1v) is 8.26. The molecule has 1 saturated carbocycles. The van der Waals surface area contributed by atoms with Crippen LogP contribution in [0, 0.1) is 11.3 Å². The fourth-order valence-corrected chi connectivity index (χ4v) is 3.79. The molecule has 0 N–H and O–H groups in total. The van der Waals surface area contributed by atoms with E-state index in [4.69, 9.17) is 0 Å². The van der Waals surface area contributed by atoms with Crippen LogP contribution in [0.2, 0.25) is 0 Å². The summed E-state index contributed by atoms with van der Waals surface area (Å²) < 4.78 is 0. The number of piperazine rings is 1. The van der Waals surface area contributed by atoms with Gasteiger partial charge in [0.05, 0.1) is 5.41 Å². The first kappa shape index (κ1) is 14.8. The van der Waals surface area contributed by atoms with Crippen molar-refractivity contribution in [2.75, 3.05) is 46.3 Å². The summed E-state index contributed by atoms with van der Waals surface area (Å²) in [4.78, 5) is 31.2. The number of amides is 2. The van der Waals surface area contributed by atoms with Gasteiger partial charge >= 0.3 is 0 Å². The topological polar surface area (TPSA) is 43.9 Å². The Hall–Kier alpha value is -1.10. The molecular formula is C16H27N3O2. The summed E-state index contributed by atoms with van der Waals surface area (Å²) >= 11 is 0. The maximum absolute atomic E-state index is 12.7. The second-order valence-corrected chi connectivity index (χ2v) is 7.29. The first-order chi connectivity index (χ1) is 9.99. The maximum atomic E-state index is 12.7. The van der Waals surface area contributed by atoms with Gasteiger partial charge < -0.3 is 14.7 Å². The lowest BCUT2D eigenvalue weighted by Crippen LogP contribution is -2.55. The van der Waals surface area contributed by atoms with Gasteiger partial charge in [-0.05, 0) is 39.8 Å². The molecule has 1 aliphatic carbocycles. The minimum absolute atomic E-state index is 0.227. The van der Waals surface area contributed by atoms with Gasteiger partial charge in [0.2, 0.25) is 11.8 Å². The Bertz CT molecular complexity index is 427. The van der Waals surface area contributed by atoms with Crippen molar-refractivity contribution >= 4 is 11.8 Å². The SMILES string of the molecule is CN1CC[C@@](C)(C(=O)N2CCN(C(=O)C3CCC3)CC2)C1. The number of carbonyl (C=O) groups is 2. The van der Waals surface area contributed by atoms with E-state index >= 15 is 0 Å². The molecule has 0 aromatic carbocycles. The summed E-state index contributed by atoms with van der Waals surface area (Å²) in [7, 11) is 2.08. The lowest BCUT2D eigenvalue weighted by molar-refractivity contribution is -0.148. The highest BCUT2D eigenvalue weighted by atomic mass is 16.2. The average Bonchev–Trinajstić information content (AvgIpc) is 2.77.